The van der Waals surface area contributed by atoms with E-state index in [-0.39, 0.29) is 29.7 Å². The maximum atomic E-state index is 11.9. The molecule has 0 spiro atoms. The molecule has 1 aliphatic heterocycles. The first kappa shape index (κ1) is 12.6. The second-order valence-corrected chi connectivity index (χ2v) is 5.54. The molecule has 17 heavy (non-hydrogen) atoms. The number of imide groups is 1. The number of nitrogens with one attached hydrogen (secondary N) is 1. The highest BCUT2D eigenvalue weighted by molar-refractivity contribution is 6.08. The molecule has 1 heterocycles. The highest BCUT2D eigenvalue weighted by Crippen LogP contribution is 2.46. The van der Waals surface area contributed by atoms with E-state index in [1.165, 1.54) is 4.90 Å². The number of hydrogen-bond acceptors (Lipinski definition) is 3. The van der Waals surface area contributed by atoms with E-state index in [2.05, 4.69) is 26.1 Å². The number of hydrogen-bond donors (Lipinski definition) is 1. The standard InChI is InChI=1S/C13H22N2O2/c1-4-5-14-11(8(2)3)7-15-12(16)9-6-10(9)13(15)17/h8-11,14H,4-7H2,1-3H3. The van der Waals surface area contributed by atoms with Gasteiger partial charge in [-0.05, 0) is 25.3 Å². The van der Waals surface area contributed by atoms with E-state index >= 15 is 0 Å². The van der Waals surface area contributed by atoms with E-state index in [4.69, 9.17) is 0 Å². The van der Waals surface area contributed by atoms with Gasteiger partial charge >= 0.3 is 0 Å². The van der Waals surface area contributed by atoms with E-state index in [1.807, 2.05) is 0 Å². The summed E-state index contributed by atoms with van der Waals surface area (Å²) in [7, 11) is 0. The Labute approximate surface area is 103 Å². The molecule has 0 bridgehead atoms. The van der Waals surface area contributed by atoms with Gasteiger partial charge in [0.05, 0.1) is 11.8 Å². The van der Waals surface area contributed by atoms with Crippen LogP contribution in [0.5, 0.6) is 0 Å². The van der Waals surface area contributed by atoms with E-state index in [9.17, 15) is 9.59 Å². The zero-order valence-electron chi connectivity index (χ0n) is 10.9. The van der Waals surface area contributed by atoms with E-state index in [0.29, 0.717) is 12.5 Å². The van der Waals surface area contributed by atoms with Gasteiger partial charge in [0.1, 0.15) is 0 Å². The van der Waals surface area contributed by atoms with Crippen molar-refractivity contribution < 1.29 is 9.59 Å². The monoisotopic (exact) mass is 238 g/mol. The van der Waals surface area contributed by atoms with Crippen LogP contribution in [0, 0.1) is 17.8 Å². The molecule has 96 valence electrons. The third-order valence-corrected chi connectivity index (χ3v) is 3.80. The van der Waals surface area contributed by atoms with E-state index in [1.54, 1.807) is 0 Å². The number of nitrogens with zero attached hydrogens (tertiary/aromatic N) is 1. The summed E-state index contributed by atoms with van der Waals surface area (Å²) in [5, 5.41) is 3.42. The Kier molecular flexibility index (Phi) is 3.52. The van der Waals surface area contributed by atoms with Crippen LogP contribution < -0.4 is 5.32 Å². The van der Waals surface area contributed by atoms with Crippen molar-refractivity contribution in [2.45, 2.75) is 39.7 Å². The Bertz CT molecular complexity index is 307. The van der Waals surface area contributed by atoms with Crippen LogP contribution in [-0.4, -0.2) is 35.8 Å². The topological polar surface area (TPSA) is 49.4 Å². The molecule has 1 saturated heterocycles. The zero-order chi connectivity index (χ0) is 12.6. The molecule has 0 aromatic carbocycles. The van der Waals surface area contributed by atoms with Crippen LogP contribution in [0.15, 0.2) is 0 Å². The number of carbonyl (C=O) groups is 2. The van der Waals surface area contributed by atoms with Gasteiger partial charge in [-0.3, -0.25) is 14.5 Å². The van der Waals surface area contributed by atoms with Gasteiger partial charge in [-0.2, -0.15) is 0 Å². The van der Waals surface area contributed by atoms with Crippen molar-refractivity contribution in [3.63, 3.8) is 0 Å². The molecule has 2 fully saturated rings. The Morgan fingerprint density at radius 1 is 1.29 bits per heavy atom. The average Bonchev–Trinajstić information content (AvgIpc) is 3.03. The molecule has 2 rings (SSSR count). The number of likely N-dealkylation sites (tertiary alicyclic amines) is 1. The Morgan fingerprint density at radius 2 is 1.88 bits per heavy atom. The molecule has 4 nitrogen and oxygen atoms in total. The van der Waals surface area contributed by atoms with Crippen LogP contribution in [0.1, 0.15) is 33.6 Å². The minimum Gasteiger partial charge on any atom is -0.312 e. The Morgan fingerprint density at radius 3 is 2.35 bits per heavy atom. The molecule has 3 atom stereocenters. The van der Waals surface area contributed by atoms with Gasteiger partial charge in [0.15, 0.2) is 0 Å². The van der Waals surface area contributed by atoms with Gasteiger partial charge in [0, 0.05) is 12.6 Å². The lowest BCUT2D eigenvalue weighted by molar-refractivity contribution is -0.141. The van der Waals surface area contributed by atoms with Crippen LogP contribution in [0.4, 0.5) is 0 Å². The quantitative estimate of drug-likeness (QED) is 0.703. The largest absolute Gasteiger partial charge is 0.312 e. The molecule has 1 aliphatic carbocycles. The summed E-state index contributed by atoms with van der Waals surface area (Å²) < 4.78 is 0. The highest BCUT2D eigenvalue weighted by atomic mass is 16.2. The zero-order valence-corrected chi connectivity index (χ0v) is 10.9. The lowest BCUT2D eigenvalue weighted by Gasteiger charge is -2.27. The fraction of sp³-hybridized carbons (Fsp3) is 0.846. The normalized spacial score (nSPS) is 28.8. The first-order valence-electron chi connectivity index (χ1n) is 6.64. The fourth-order valence-electron chi connectivity index (χ4n) is 2.47. The first-order valence-corrected chi connectivity index (χ1v) is 6.64. The number of piperidine rings is 1. The summed E-state index contributed by atoms with van der Waals surface area (Å²) in [6.45, 7) is 7.85. The van der Waals surface area contributed by atoms with Gasteiger partial charge in [-0.15, -0.1) is 0 Å². The predicted octanol–water partition coefficient (Wildman–Crippen LogP) is 1.02. The maximum absolute atomic E-state index is 11.9. The SMILES string of the molecule is CCCNC(CN1C(=O)C2CC2C1=O)C(C)C. The van der Waals surface area contributed by atoms with E-state index in [0.717, 1.165) is 19.4 Å². The van der Waals surface area contributed by atoms with Crippen LogP contribution in [0.2, 0.25) is 0 Å². The summed E-state index contributed by atoms with van der Waals surface area (Å²) in [4.78, 5) is 25.2. The lowest BCUT2D eigenvalue weighted by Crippen LogP contribution is -2.47. The molecule has 0 aromatic rings. The number of fused-ring (bicyclic) bond motifs is 1. The number of rotatable bonds is 6. The summed E-state index contributed by atoms with van der Waals surface area (Å²) in [5.41, 5.74) is 0. The van der Waals surface area contributed by atoms with Gasteiger partial charge in [-0.1, -0.05) is 20.8 Å². The van der Waals surface area contributed by atoms with E-state index < -0.39 is 0 Å². The number of amides is 2. The average molecular weight is 238 g/mol. The van der Waals surface area contributed by atoms with Crippen LogP contribution in [0.25, 0.3) is 0 Å². The summed E-state index contributed by atoms with van der Waals surface area (Å²) in [6.07, 6.45) is 1.86. The van der Waals surface area contributed by atoms with Crippen molar-refractivity contribution in [1.82, 2.24) is 10.2 Å². The van der Waals surface area contributed by atoms with Crippen molar-refractivity contribution in [1.29, 1.82) is 0 Å². The maximum Gasteiger partial charge on any atom is 0.233 e. The molecule has 2 amide bonds. The third kappa shape index (κ3) is 2.37. The van der Waals surface area contributed by atoms with Crippen molar-refractivity contribution in [2.75, 3.05) is 13.1 Å². The van der Waals surface area contributed by atoms with Gasteiger partial charge in [0.2, 0.25) is 11.8 Å². The molecule has 1 N–H and O–H groups in total. The highest BCUT2D eigenvalue weighted by Gasteiger charge is 2.58. The molecule has 1 saturated carbocycles. The minimum atomic E-state index is 0.0292. The Balaban J connectivity index is 1.93. The minimum absolute atomic E-state index is 0.0292. The van der Waals surface area contributed by atoms with Crippen molar-refractivity contribution in [3.8, 4) is 0 Å². The molecular formula is C13H22N2O2. The third-order valence-electron chi connectivity index (χ3n) is 3.80. The van der Waals surface area contributed by atoms with Crippen molar-refractivity contribution in [3.05, 3.63) is 0 Å². The van der Waals surface area contributed by atoms with Crippen molar-refractivity contribution >= 4 is 11.8 Å². The number of carbonyl (C=O) groups excluding carboxylic acids is 2. The molecular weight excluding hydrogens is 216 g/mol. The smallest absolute Gasteiger partial charge is 0.233 e. The molecule has 3 unspecified atom stereocenters. The van der Waals surface area contributed by atoms with Gasteiger partial charge in [-0.25, -0.2) is 0 Å². The van der Waals surface area contributed by atoms with Crippen molar-refractivity contribution in [2.24, 2.45) is 17.8 Å². The second kappa shape index (κ2) is 4.77. The molecule has 2 aliphatic rings. The Hall–Kier alpha value is -0.900. The van der Waals surface area contributed by atoms with Gasteiger partial charge < -0.3 is 5.32 Å². The van der Waals surface area contributed by atoms with Gasteiger partial charge in [0.25, 0.3) is 0 Å². The molecule has 4 heteroatoms. The first-order chi connectivity index (χ1) is 8.06. The fourth-order valence-corrected chi connectivity index (χ4v) is 2.47. The summed E-state index contributed by atoms with van der Waals surface area (Å²) in [5.74, 6) is 0.606. The molecule has 0 radical (unpaired) electrons. The second-order valence-electron chi connectivity index (χ2n) is 5.54. The molecule has 0 aromatic heterocycles. The lowest BCUT2D eigenvalue weighted by atomic mass is 10.0. The van der Waals surface area contributed by atoms with Crippen LogP contribution in [-0.2, 0) is 9.59 Å². The van der Waals surface area contributed by atoms with Crippen LogP contribution >= 0.6 is 0 Å². The summed E-state index contributed by atoms with van der Waals surface area (Å²) >= 11 is 0. The van der Waals surface area contributed by atoms with Crippen LogP contribution in [0.3, 0.4) is 0 Å². The summed E-state index contributed by atoms with van der Waals surface area (Å²) in [6, 6.07) is 0.223. The predicted molar refractivity (Wildman–Crippen MR) is 65.2 cm³/mol.